The summed E-state index contributed by atoms with van der Waals surface area (Å²) in [5.41, 5.74) is 0.532. The summed E-state index contributed by atoms with van der Waals surface area (Å²) < 4.78 is 26.8. The second kappa shape index (κ2) is 8.74. The Morgan fingerprint density at radius 3 is 2.71 bits per heavy atom. The highest BCUT2D eigenvalue weighted by molar-refractivity contribution is 9.10. The molecule has 0 atom stereocenters. The molecular formula is C14H18BrClN2O2S. The van der Waals surface area contributed by atoms with Gasteiger partial charge in [0.1, 0.15) is 6.54 Å². The molecule has 0 heterocycles. The highest BCUT2D eigenvalue weighted by Gasteiger charge is 2.23. The smallest absolute Gasteiger partial charge is 0.212 e. The lowest BCUT2D eigenvalue weighted by molar-refractivity contribution is 0.430. The zero-order valence-corrected chi connectivity index (χ0v) is 15.0. The molecule has 4 nitrogen and oxygen atoms in total. The first-order valence-corrected chi connectivity index (χ1v) is 9.48. The normalized spacial score (nSPS) is 11.6. The number of hydrogen-bond acceptors (Lipinski definition) is 3. The Labute approximate surface area is 139 Å². The monoisotopic (exact) mass is 392 g/mol. The van der Waals surface area contributed by atoms with Crippen molar-refractivity contribution >= 4 is 37.6 Å². The van der Waals surface area contributed by atoms with E-state index < -0.39 is 10.0 Å². The molecule has 1 aromatic rings. The molecule has 0 aliphatic rings. The molecule has 1 rings (SSSR count). The Morgan fingerprint density at radius 2 is 2.10 bits per heavy atom. The molecule has 0 saturated carbocycles. The molecule has 0 aliphatic heterocycles. The first-order chi connectivity index (χ1) is 9.92. The molecule has 116 valence electrons. The number of rotatable bonds is 8. The van der Waals surface area contributed by atoms with E-state index in [1.54, 1.807) is 18.2 Å². The van der Waals surface area contributed by atoms with E-state index in [9.17, 15) is 8.42 Å². The van der Waals surface area contributed by atoms with Gasteiger partial charge in [-0.05, 0) is 34.0 Å². The van der Waals surface area contributed by atoms with Gasteiger partial charge in [-0.2, -0.15) is 9.57 Å². The predicted molar refractivity (Wildman–Crippen MR) is 88.5 cm³/mol. The SMILES string of the molecule is CCCCCN(CC#N)S(=O)(=O)Cc1cccc(Br)c1Cl. The molecule has 0 spiro atoms. The summed E-state index contributed by atoms with van der Waals surface area (Å²) in [6, 6.07) is 7.10. The van der Waals surface area contributed by atoms with E-state index in [0.29, 0.717) is 21.6 Å². The van der Waals surface area contributed by atoms with Crippen LogP contribution in [0.4, 0.5) is 0 Å². The minimum absolute atomic E-state index is 0.127. The number of nitriles is 1. The third kappa shape index (κ3) is 5.59. The van der Waals surface area contributed by atoms with Crippen LogP contribution < -0.4 is 0 Å². The van der Waals surface area contributed by atoms with Crippen LogP contribution in [-0.4, -0.2) is 25.8 Å². The molecule has 0 aromatic heterocycles. The van der Waals surface area contributed by atoms with Crippen LogP contribution in [0.25, 0.3) is 0 Å². The van der Waals surface area contributed by atoms with Gasteiger partial charge in [-0.1, -0.05) is 43.5 Å². The van der Waals surface area contributed by atoms with Crippen molar-refractivity contribution in [1.29, 1.82) is 5.26 Å². The van der Waals surface area contributed by atoms with Crippen LogP contribution in [0.2, 0.25) is 5.02 Å². The Hall–Kier alpha value is -0.610. The summed E-state index contributed by atoms with van der Waals surface area (Å²) in [4.78, 5) is 0. The van der Waals surface area contributed by atoms with Gasteiger partial charge in [-0.15, -0.1) is 0 Å². The zero-order chi connectivity index (χ0) is 15.9. The van der Waals surface area contributed by atoms with Crippen LogP contribution in [0.15, 0.2) is 22.7 Å². The minimum atomic E-state index is -3.55. The van der Waals surface area contributed by atoms with Crippen molar-refractivity contribution in [2.75, 3.05) is 13.1 Å². The Bertz CT molecular complexity index is 614. The van der Waals surface area contributed by atoms with Crippen LogP contribution in [0.1, 0.15) is 31.7 Å². The number of halogens is 2. The van der Waals surface area contributed by atoms with Crippen LogP contribution >= 0.6 is 27.5 Å². The van der Waals surface area contributed by atoms with Gasteiger partial charge in [-0.25, -0.2) is 8.42 Å². The van der Waals surface area contributed by atoms with Crippen LogP contribution in [0.5, 0.6) is 0 Å². The largest absolute Gasteiger partial charge is 0.219 e. The average molecular weight is 394 g/mol. The molecule has 0 bridgehead atoms. The second-order valence-electron chi connectivity index (χ2n) is 4.67. The molecule has 21 heavy (non-hydrogen) atoms. The lowest BCUT2D eigenvalue weighted by Gasteiger charge is -2.19. The highest BCUT2D eigenvalue weighted by Crippen LogP contribution is 2.28. The maximum absolute atomic E-state index is 12.4. The molecule has 0 saturated heterocycles. The Morgan fingerprint density at radius 1 is 1.38 bits per heavy atom. The van der Waals surface area contributed by atoms with Gasteiger partial charge < -0.3 is 0 Å². The fourth-order valence-corrected chi connectivity index (χ4v) is 4.04. The summed E-state index contributed by atoms with van der Waals surface area (Å²) in [5.74, 6) is -0.195. The van der Waals surface area contributed by atoms with Crippen LogP contribution in [0.3, 0.4) is 0 Å². The van der Waals surface area contributed by atoms with Gasteiger partial charge in [-0.3, -0.25) is 0 Å². The number of unbranched alkanes of at least 4 members (excludes halogenated alkanes) is 2. The van der Waals surface area contributed by atoms with Crippen molar-refractivity contribution < 1.29 is 8.42 Å². The van der Waals surface area contributed by atoms with E-state index in [1.807, 2.05) is 13.0 Å². The third-order valence-corrected chi connectivity index (χ3v) is 6.13. The topological polar surface area (TPSA) is 61.2 Å². The van der Waals surface area contributed by atoms with E-state index in [4.69, 9.17) is 16.9 Å². The highest BCUT2D eigenvalue weighted by atomic mass is 79.9. The lowest BCUT2D eigenvalue weighted by atomic mass is 10.2. The van der Waals surface area contributed by atoms with Gasteiger partial charge >= 0.3 is 0 Å². The fourth-order valence-electron chi connectivity index (χ4n) is 1.88. The quantitative estimate of drug-likeness (QED) is 0.496. The summed E-state index contributed by atoms with van der Waals surface area (Å²) in [6.07, 6.45) is 2.69. The third-order valence-electron chi connectivity index (χ3n) is 3.02. The minimum Gasteiger partial charge on any atom is -0.212 e. The summed E-state index contributed by atoms with van der Waals surface area (Å²) in [6.45, 7) is 2.29. The van der Waals surface area contributed by atoms with Crippen molar-refractivity contribution in [2.24, 2.45) is 0 Å². The van der Waals surface area contributed by atoms with Crippen molar-refractivity contribution in [3.63, 3.8) is 0 Å². The van der Waals surface area contributed by atoms with E-state index in [1.165, 1.54) is 4.31 Å². The maximum Gasteiger partial charge on any atom is 0.219 e. The lowest BCUT2D eigenvalue weighted by Crippen LogP contribution is -2.33. The van der Waals surface area contributed by atoms with Gasteiger partial charge in [0, 0.05) is 11.0 Å². The summed E-state index contributed by atoms with van der Waals surface area (Å²) in [7, 11) is -3.55. The van der Waals surface area contributed by atoms with E-state index in [2.05, 4.69) is 15.9 Å². The van der Waals surface area contributed by atoms with E-state index >= 15 is 0 Å². The number of benzene rings is 1. The molecule has 0 amide bonds. The van der Waals surface area contributed by atoms with Crippen LogP contribution in [-0.2, 0) is 15.8 Å². The number of hydrogen-bond donors (Lipinski definition) is 0. The fraction of sp³-hybridized carbons (Fsp3) is 0.500. The first kappa shape index (κ1) is 18.4. The number of nitrogens with zero attached hydrogens (tertiary/aromatic N) is 2. The molecule has 0 aliphatic carbocycles. The first-order valence-electron chi connectivity index (χ1n) is 6.70. The molecule has 0 unspecified atom stereocenters. The Balaban J connectivity index is 2.90. The van der Waals surface area contributed by atoms with Crippen molar-refractivity contribution in [3.05, 3.63) is 33.3 Å². The number of sulfonamides is 1. The van der Waals surface area contributed by atoms with Crippen molar-refractivity contribution in [3.8, 4) is 6.07 Å². The van der Waals surface area contributed by atoms with Crippen LogP contribution in [0, 0.1) is 11.3 Å². The van der Waals surface area contributed by atoms with Gasteiger partial charge in [0.15, 0.2) is 0 Å². The molecule has 7 heteroatoms. The molecule has 0 N–H and O–H groups in total. The Kier molecular flexibility index (Phi) is 7.67. The summed E-state index contributed by atoms with van der Waals surface area (Å²) in [5, 5.41) is 9.23. The molecule has 0 fully saturated rings. The molecule has 1 aromatic carbocycles. The molecular weight excluding hydrogens is 376 g/mol. The van der Waals surface area contributed by atoms with Gasteiger partial charge in [0.05, 0.1) is 16.8 Å². The van der Waals surface area contributed by atoms with Crippen molar-refractivity contribution in [1.82, 2.24) is 4.31 Å². The second-order valence-corrected chi connectivity index (χ2v) is 7.87. The van der Waals surface area contributed by atoms with E-state index in [-0.39, 0.29) is 12.3 Å². The summed E-state index contributed by atoms with van der Waals surface area (Å²) >= 11 is 9.39. The predicted octanol–water partition coefficient (Wildman–Crippen LogP) is 3.95. The van der Waals surface area contributed by atoms with Gasteiger partial charge in [0.2, 0.25) is 10.0 Å². The molecule has 0 radical (unpaired) electrons. The maximum atomic E-state index is 12.4. The standard InChI is InChI=1S/C14H18BrClN2O2S/c1-2-3-4-9-18(10-8-17)21(19,20)11-12-6-5-7-13(15)14(12)16/h5-7H,2-4,9-11H2,1H3. The average Bonchev–Trinajstić information content (AvgIpc) is 2.43. The van der Waals surface area contributed by atoms with Gasteiger partial charge in [0.25, 0.3) is 0 Å². The van der Waals surface area contributed by atoms with Crippen molar-refractivity contribution in [2.45, 2.75) is 31.9 Å². The zero-order valence-electron chi connectivity index (χ0n) is 11.8. The van der Waals surface area contributed by atoms with E-state index in [0.717, 1.165) is 19.3 Å².